The van der Waals surface area contributed by atoms with Crippen molar-refractivity contribution in [3.05, 3.63) is 18.2 Å². The zero-order chi connectivity index (χ0) is 14.9. The van der Waals surface area contributed by atoms with Gasteiger partial charge in [-0.2, -0.15) is 0 Å². The van der Waals surface area contributed by atoms with Crippen LogP contribution in [0.4, 0.5) is 5.82 Å². The molecule has 6 nitrogen and oxygen atoms in total. The van der Waals surface area contributed by atoms with Gasteiger partial charge in [0.1, 0.15) is 12.7 Å². The van der Waals surface area contributed by atoms with Crippen LogP contribution in [-0.2, 0) is 0 Å². The van der Waals surface area contributed by atoms with E-state index in [1.165, 1.54) is 37.7 Å². The lowest BCUT2D eigenvalue weighted by atomic mass is 9.95. The van der Waals surface area contributed by atoms with E-state index in [0.717, 1.165) is 23.4 Å². The number of aromatic nitrogens is 4. The van der Waals surface area contributed by atoms with Gasteiger partial charge in [-0.25, -0.2) is 15.0 Å². The van der Waals surface area contributed by atoms with Crippen LogP contribution in [0.3, 0.4) is 0 Å². The molecule has 2 saturated carbocycles. The summed E-state index contributed by atoms with van der Waals surface area (Å²) in [6.45, 7) is 0.224. The Bertz CT molecular complexity index is 702. The van der Waals surface area contributed by atoms with E-state index < -0.39 is 0 Å². The fraction of sp³-hybridized carbons (Fsp3) is 0.562. The molecule has 0 saturated heterocycles. The standard InChI is InChI=1S/C16H21N5O/c22-8-12-6-11(12)7-21-10-19-14-15(17-9-18-16(14)21)20-13-4-2-1-3-5-13/h7,9-10,12-13,22H,1-6,8H2,(H,17,18,20). The Morgan fingerprint density at radius 3 is 2.86 bits per heavy atom. The summed E-state index contributed by atoms with van der Waals surface area (Å²) < 4.78 is 1.94. The highest BCUT2D eigenvalue weighted by molar-refractivity contribution is 5.84. The van der Waals surface area contributed by atoms with E-state index in [-0.39, 0.29) is 6.61 Å². The molecule has 2 aliphatic rings. The Labute approximate surface area is 129 Å². The first kappa shape index (κ1) is 13.7. The van der Waals surface area contributed by atoms with Gasteiger partial charge in [-0.1, -0.05) is 19.3 Å². The lowest BCUT2D eigenvalue weighted by molar-refractivity contribution is 0.281. The molecule has 2 fully saturated rings. The van der Waals surface area contributed by atoms with Crippen molar-refractivity contribution < 1.29 is 5.11 Å². The Morgan fingerprint density at radius 1 is 1.23 bits per heavy atom. The van der Waals surface area contributed by atoms with E-state index in [9.17, 15) is 0 Å². The van der Waals surface area contributed by atoms with Gasteiger partial charge < -0.3 is 10.4 Å². The molecule has 1 unspecified atom stereocenters. The van der Waals surface area contributed by atoms with E-state index >= 15 is 0 Å². The maximum atomic E-state index is 9.14. The Hall–Kier alpha value is -1.95. The van der Waals surface area contributed by atoms with Gasteiger partial charge in [-0.3, -0.25) is 4.57 Å². The van der Waals surface area contributed by atoms with Crippen LogP contribution in [-0.4, -0.2) is 37.3 Å². The van der Waals surface area contributed by atoms with Crippen LogP contribution in [0, 0.1) is 5.92 Å². The molecule has 22 heavy (non-hydrogen) atoms. The molecule has 0 aliphatic heterocycles. The maximum Gasteiger partial charge on any atom is 0.169 e. The van der Waals surface area contributed by atoms with E-state index in [4.69, 9.17) is 5.11 Å². The van der Waals surface area contributed by atoms with Crippen LogP contribution in [0.15, 0.2) is 18.2 Å². The molecule has 2 aliphatic carbocycles. The number of hydrogen-bond donors (Lipinski definition) is 2. The van der Waals surface area contributed by atoms with Crippen molar-refractivity contribution in [3.8, 4) is 0 Å². The van der Waals surface area contributed by atoms with Crippen LogP contribution < -0.4 is 5.32 Å². The summed E-state index contributed by atoms with van der Waals surface area (Å²) in [5, 5.41) is 12.7. The summed E-state index contributed by atoms with van der Waals surface area (Å²) in [7, 11) is 0. The Morgan fingerprint density at radius 2 is 2.09 bits per heavy atom. The molecule has 116 valence electrons. The van der Waals surface area contributed by atoms with Crippen molar-refractivity contribution in [1.82, 2.24) is 19.5 Å². The predicted octanol–water partition coefficient (Wildman–Crippen LogP) is 2.42. The molecule has 2 aromatic heterocycles. The van der Waals surface area contributed by atoms with E-state index in [1.807, 2.05) is 10.8 Å². The van der Waals surface area contributed by atoms with Gasteiger partial charge in [0.05, 0.1) is 0 Å². The summed E-state index contributed by atoms with van der Waals surface area (Å²) in [6.07, 6.45) is 12.7. The number of rotatable bonds is 4. The van der Waals surface area contributed by atoms with E-state index in [0.29, 0.717) is 12.0 Å². The first-order valence-electron chi connectivity index (χ1n) is 8.10. The molecule has 0 aromatic carbocycles. The Kier molecular flexibility index (Phi) is 3.54. The summed E-state index contributed by atoms with van der Waals surface area (Å²) in [5.41, 5.74) is 2.90. The fourth-order valence-corrected chi connectivity index (χ4v) is 3.24. The molecule has 0 spiro atoms. The molecule has 0 radical (unpaired) electrons. The normalized spacial score (nSPS) is 24.0. The van der Waals surface area contributed by atoms with Crippen LogP contribution >= 0.6 is 0 Å². The summed E-state index contributed by atoms with van der Waals surface area (Å²) in [4.78, 5) is 13.2. The lowest BCUT2D eigenvalue weighted by Gasteiger charge is -2.23. The van der Waals surface area contributed by atoms with Crippen molar-refractivity contribution in [2.24, 2.45) is 5.92 Å². The van der Waals surface area contributed by atoms with E-state index in [2.05, 4.69) is 20.3 Å². The third kappa shape index (κ3) is 2.59. The number of aliphatic hydroxyl groups is 1. The van der Waals surface area contributed by atoms with Crippen molar-refractivity contribution in [2.75, 3.05) is 11.9 Å². The summed E-state index contributed by atoms with van der Waals surface area (Å²) >= 11 is 0. The van der Waals surface area contributed by atoms with Crippen LogP contribution in [0.1, 0.15) is 38.5 Å². The number of imidazole rings is 1. The molecule has 0 amide bonds. The van der Waals surface area contributed by atoms with Gasteiger partial charge in [-0.05, 0) is 24.8 Å². The van der Waals surface area contributed by atoms with Gasteiger partial charge in [0, 0.05) is 24.8 Å². The lowest BCUT2D eigenvalue weighted by Crippen LogP contribution is -2.23. The highest BCUT2D eigenvalue weighted by Crippen LogP contribution is 2.37. The van der Waals surface area contributed by atoms with Crippen LogP contribution in [0.2, 0.25) is 0 Å². The first-order chi connectivity index (χ1) is 10.8. The summed E-state index contributed by atoms with van der Waals surface area (Å²) in [6, 6.07) is 0.498. The number of fused-ring (bicyclic) bond motifs is 1. The highest BCUT2D eigenvalue weighted by atomic mass is 16.3. The Balaban J connectivity index is 1.61. The smallest absolute Gasteiger partial charge is 0.169 e. The molecule has 4 rings (SSSR count). The second-order valence-electron chi connectivity index (χ2n) is 6.31. The highest BCUT2D eigenvalue weighted by Gasteiger charge is 2.29. The second kappa shape index (κ2) is 5.68. The molecule has 2 N–H and O–H groups in total. The van der Waals surface area contributed by atoms with Crippen molar-refractivity contribution in [2.45, 2.75) is 44.6 Å². The monoisotopic (exact) mass is 299 g/mol. The van der Waals surface area contributed by atoms with Crippen molar-refractivity contribution in [3.63, 3.8) is 0 Å². The van der Waals surface area contributed by atoms with E-state index in [1.54, 1.807) is 12.7 Å². The third-order valence-electron chi connectivity index (χ3n) is 4.68. The van der Waals surface area contributed by atoms with Gasteiger partial charge in [0.2, 0.25) is 0 Å². The summed E-state index contributed by atoms with van der Waals surface area (Å²) in [5.74, 6) is 1.16. The molecule has 2 aromatic rings. The predicted molar refractivity (Wildman–Crippen MR) is 85.3 cm³/mol. The number of anilines is 1. The first-order valence-corrected chi connectivity index (χ1v) is 8.10. The quantitative estimate of drug-likeness (QED) is 0.907. The SMILES string of the molecule is OCC1CC1=Cn1cnc2c(NC3CCCCC3)ncnc21. The van der Waals surface area contributed by atoms with Crippen molar-refractivity contribution >= 4 is 23.2 Å². The average molecular weight is 299 g/mol. The molecular weight excluding hydrogens is 278 g/mol. The number of nitrogens with zero attached hydrogens (tertiary/aromatic N) is 4. The fourth-order valence-electron chi connectivity index (χ4n) is 3.24. The van der Waals surface area contributed by atoms with Gasteiger partial charge in [0.25, 0.3) is 0 Å². The zero-order valence-corrected chi connectivity index (χ0v) is 12.6. The molecule has 1 atom stereocenters. The van der Waals surface area contributed by atoms with Gasteiger partial charge >= 0.3 is 0 Å². The minimum absolute atomic E-state index is 0.224. The molecule has 2 heterocycles. The maximum absolute atomic E-state index is 9.14. The van der Waals surface area contributed by atoms with Crippen molar-refractivity contribution in [1.29, 1.82) is 0 Å². The van der Waals surface area contributed by atoms with Crippen LogP contribution in [0.25, 0.3) is 17.4 Å². The molecule has 0 bridgehead atoms. The number of hydrogen-bond acceptors (Lipinski definition) is 5. The largest absolute Gasteiger partial charge is 0.396 e. The minimum Gasteiger partial charge on any atom is -0.396 e. The number of aliphatic hydroxyl groups excluding tert-OH is 1. The average Bonchev–Trinajstić information content (AvgIpc) is 3.19. The zero-order valence-electron chi connectivity index (χ0n) is 12.6. The third-order valence-corrected chi connectivity index (χ3v) is 4.68. The van der Waals surface area contributed by atoms with Crippen LogP contribution in [0.5, 0.6) is 0 Å². The number of nitrogens with one attached hydrogen (secondary N) is 1. The molecule has 6 heteroatoms. The molecular formula is C16H21N5O. The van der Waals surface area contributed by atoms with Gasteiger partial charge in [0.15, 0.2) is 17.0 Å². The minimum atomic E-state index is 0.224. The topological polar surface area (TPSA) is 75.9 Å². The second-order valence-corrected chi connectivity index (χ2v) is 6.31. The van der Waals surface area contributed by atoms with Gasteiger partial charge in [-0.15, -0.1) is 0 Å².